The van der Waals surface area contributed by atoms with E-state index in [0.717, 1.165) is 5.56 Å². The SMILES string of the molecule is C[C@H]1S/C(=N/N=C/c2ccc(Cl)cc2)N=C1c1c(O)c2ccccc2oc1=O. The number of fused-ring (bicyclic) bond motifs is 1. The summed E-state index contributed by atoms with van der Waals surface area (Å²) in [5, 5.41) is 20.1. The lowest BCUT2D eigenvalue weighted by Gasteiger charge is -2.08. The van der Waals surface area contributed by atoms with E-state index in [4.69, 9.17) is 16.0 Å². The quantitative estimate of drug-likeness (QED) is 0.391. The maximum atomic E-state index is 12.4. The number of thioether (sulfide) groups is 1. The second-order valence-electron chi connectivity index (χ2n) is 6.05. The average Bonchev–Trinajstić information content (AvgIpc) is 3.04. The topological polar surface area (TPSA) is 87.5 Å². The molecule has 4 rings (SSSR count). The number of hydrogen-bond donors (Lipinski definition) is 1. The maximum absolute atomic E-state index is 12.4. The van der Waals surface area contributed by atoms with Crippen molar-refractivity contribution in [3.8, 4) is 5.75 Å². The van der Waals surface area contributed by atoms with E-state index in [-0.39, 0.29) is 16.6 Å². The van der Waals surface area contributed by atoms with Gasteiger partial charge >= 0.3 is 5.63 Å². The minimum absolute atomic E-state index is 0.0607. The highest BCUT2D eigenvalue weighted by Crippen LogP contribution is 2.32. The van der Waals surface area contributed by atoms with Gasteiger partial charge in [-0.2, -0.15) is 5.10 Å². The van der Waals surface area contributed by atoms with Crippen molar-refractivity contribution < 1.29 is 9.52 Å². The van der Waals surface area contributed by atoms with Crippen molar-refractivity contribution in [1.82, 2.24) is 0 Å². The number of nitrogens with zero attached hydrogens (tertiary/aromatic N) is 3. The van der Waals surface area contributed by atoms with E-state index in [1.165, 1.54) is 11.8 Å². The molecule has 0 spiro atoms. The Morgan fingerprint density at radius 1 is 1.21 bits per heavy atom. The van der Waals surface area contributed by atoms with E-state index in [1.54, 1.807) is 42.6 Å². The van der Waals surface area contributed by atoms with Gasteiger partial charge in [-0.05, 0) is 36.8 Å². The number of halogens is 1. The van der Waals surface area contributed by atoms with Gasteiger partial charge in [-0.3, -0.25) is 0 Å². The summed E-state index contributed by atoms with van der Waals surface area (Å²) >= 11 is 7.20. The molecule has 1 N–H and O–H groups in total. The third kappa shape index (κ3) is 3.58. The van der Waals surface area contributed by atoms with E-state index in [0.29, 0.717) is 26.9 Å². The van der Waals surface area contributed by atoms with Crippen LogP contribution in [0, 0.1) is 0 Å². The number of para-hydroxylation sites is 1. The third-order valence-corrected chi connectivity index (χ3v) is 5.36. The number of aliphatic imine (C=N–C) groups is 1. The third-order valence-electron chi connectivity index (χ3n) is 4.15. The maximum Gasteiger partial charge on any atom is 0.349 e. The molecule has 1 atom stereocenters. The molecule has 1 aliphatic heterocycles. The summed E-state index contributed by atoms with van der Waals surface area (Å²) in [5.41, 5.74) is 1.03. The predicted molar refractivity (Wildman–Crippen MR) is 114 cm³/mol. The van der Waals surface area contributed by atoms with Gasteiger partial charge in [0, 0.05) is 5.02 Å². The molecule has 3 aromatic rings. The molecule has 28 heavy (non-hydrogen) atoms. The van der Waals surface area contributed by atoms with Gasteiger partial charge in [0.15, 0.2) is 0 Å². The van der Waals surface area contributed by atoms with Crippen molar-refractivity contribution in [3.05, 3.63) is 75.1 Å². The zero-order chi connectivity index (χ0) is 19.7. The van der Waals surface area contributed by atoms with E-state index >= 15 is 0 Å². The minimum Gasteiger partial charge on any atom is -0.506 e. The van der Waals surface area contributed by atoms with Crippen molar-refractivity contribution in [2.24, 2.45) is 15.2 Å². The molecule has 8 heteroatoms. The smallest absolute Gasteiger partial charge is 0.349 e. The van der Waals surface area contributed by atoms with Gasteiger partial charge in [0.25, 0.3) is 0 Å². The van der Waals surface area contributed by atoms with Gasteiger partial charge in [0.1, 0.15) is 16.9 Å². The Bertz CT molecular complexity index is 1200. The highest BCUT2D eigenvalue weighted by molar-refractivity contribution is 8.15. The second kappa shape index (κ2) is 7.61. The Morgan fingerprint density at radius 2 is 1.96 bits per heavy atom. The fourth-order valence-corrected chi connectivity index (χ4v) is 3.76. The molecule has 0 saturated carbocycles. The summed E-state index contributed by atoms with van der Waals surface area (Å²) in [6.45, 7) is 1.88. The minimum atomic E-state index is -0.631. The van der Waals surface area contributed by atoms with Gasteiger partial charge in [-0.1, -0.05) is 47.6 Å². The molecule has 1 aromatic heterocycles. The molecule has 0 bridgehead atoms. The normalized spacial score (nSPS) is 18.3. The average molecular weight is 412 g/mol. The molecule has 0 amide bonds. The fourth-order valence-electron chi connectivity index (χ4n) is 2.79. The first-order valence-electron chi connectivity index (χ1n) is 8.40. The van der Waals surface area contributed by atoms with Crippen molar-refractivity contribution >= 4 is 51.4 Å². The highest BCUT2D eigenvalue weighted by atomic mass is 35.5. The van der Waals surface area contributed by atoms with Gasteiger partial charge < -0.3 is 9.52 Å². The lowest BCUT2D eigenvalue weighted by atomic mass is 10.1. The fraction of sp³-hybridized carbons (Fsp3) is 0.100. The molecule has 6 nitrogen and oxygen atoms in total. The van der Waals surface area contributed by atoms with E-state index in [2.05, 4.69) is 15.2 Å². The molecule has 140 valence electrons. The zero-order valence-electron chi connectivity index (χ0n) is 14.7. The van der Waals surface area contributed by atoms with Crippen LogP contribution in [0.5, 0.6) is 5.75 Å². The summed E-state index contributed by atoms with van der Waals surface area (Å²) in [6, 6.07) is 14.0. The Balaban J connectivity index is 1.68. The summed E-state index contributed by atoms with van der Waals surface area (Å²) in [4.78, 5) is 16.8. The number of benzene rings is 2. The van der Waals surface area contributed by atoms with Crippen LogP contribution in [0.3, 0.4) is 0 Å². The number of aromatic hydroxyl groups is 1. The van der Waals surface area contributed by atoms with Gasteiger partial charge in [0.2, 0.25) is 5.17 Å². The van der Waals surface area contributed by atoms with E-state index in [1.807, 2.05) is 19.1 Å². The predicted octanol–water partition coefficient (Wildman–Crippen LogP) is 4.47. The van der Waals surface area contributed by atoms with Crippen LogP contribution in [-0.4, -0.2) is 27.5 Å². The van der Waals surface area contributed by atoms with Crippen LogP contribution < -0.4 is 5.63 Å². The van der Waals surface area contributed by atoms with Crippen LogP contribution in [0.25, 0.3) is 11.0 Å². The largest absolute Gasteiger partial charge is 0.506 e. The first-order valence-corrected chi connectivity index (χ1v) is 9.65. The van der Waals surface area contributed by atoms with Crippen molar-refractivity contribution in [1.29, 1.82) is 0 Å². The Labute approximate surface area is 169 Å². The molecule has 1 aliphatic rings. The van der Waals surface area contributed by atoms with Gasteiger partial charge in [-0.25, -0.2) is 9.79 Å². The Hall–Kier alpha value is -2.90. The van der Waals surface area contributed by atoms with Crippen molar-refractivity contribution in [3.63, 3.8) is 0 Å². The number of rotatable bonds is 3. The molecule has 0 aliphatic carbocycles. The molecule has 2 heterocycles. The van der Waals surface area contributed by atoms with E-state index in [9.17, 15) is 9.90 Å². The molecule has 0 radical (unpaired) electrons. The number of hydrogen-bond acceptors (Lipinski definition) is 6. The summed E-state index contributed by atoms with van der Waals surface area (Å²) in [5.74, 6) is -0.135. The van der Waals surface area contributed by atoms with Crippen molar-refractivity contribution in [2.45, 2.75) is 12.2 Å². The molecule has 0 saturated heterocycles. The lowest BCUT2D eigenvalue weighted by molar-refractivity contribution is 0.466. The van der Waals surface area contributed by atoms with Gasteiger partial charge in [-0.15, -0.1) is 5.10 Å². The van der Waals surface area contributed by atoms with Crippen LogP contribution in [-0.2, 0) is 0 Å². The molecule has 2 aromatic carbocycles. The van der Waals surface area contributed by atoms with Gasteiger partial charge in [0.05, 0.1) is 22.6 Å². The summed E-state index contributed by atoms with van der Waals surface area (Å²) < 4.78 is 5.33. The summed E-state index contributed by atoms with van der Waals surface area (Å²) in [7, 11) is 0. The van der Waals surface area contributed by atoms with Crippen LogP contribution in [0.15, 0.2) is 72.9 Å². The van der Waals surface area contributed by atoms with Crippen LogP contribution in [0.1, 0.15) is 18.1 Å². The first kappa shape index (κ1) is 18.5. The monoisotopic (exact) mass is 411 g/mol. The van der Waals surface area contributed by atoms with E-state index < -0.39 is 5.63 Å². The number of amidine groups is 1. The molecule has 0 unspecified atom stereocenters. The van der Waals surface area contributed by atoms with Crippen LogP contribution in [0.4, 0.5) is 0 Å². The first-order chi connectivity index (χ1) is 13.5. The second-order valence-corrected chi connectivity index (χ2v) is 7.79. The summed E-state index contributed by atoms with van der Waals surface area (Å²) in [6.07, 6.45) is 1.59. The zero-order valence-corrected chi connectivity index (χ0v) is 16.2. The highest BCUT2D eigenvalue weighted by Gasteiger charge is 2.29. The van der Waals surface area contributed by atoms with Crippen LogP contribution >= 0.6 is 23.4 Å². The van der Waals surface area contributed by atoms with Crippen LogP contribution in [0.2, 0.25) is 5.02 Å². The Morgan fingerprint density at radius 3 is 2.75 bits per heavy atom. The Kier molecular flexibility index (Phi) is 5.02. The lowest BCUT2D eigenvalue weighted by Crippen LogP contribution is -2.20. The standard InChI is InChI=1S/C20H14ClN3O3S/c1-11-17(16-18(25)14-4-2-3-5-15(14)27-19(16)26)23-20(28-11)24-22-10-12-6-8-13(21)9-7-12/h2-11,25H,1H3/b22-10+,24-20+/t11-/m1/s1. The molecular weight excluding hydrogens is 398 g/mol. The molecular formula is C20H14ClN3O3S. The molecule has 0 fully saturated rings. The van der Waals surface area contributed by atoms with Crippen molar-refractivity contribution in [2.75, 3.05) is 0 Å².